The van der Waals surface area contributed by atoms with Crippen LogP contribution in [0.5, 0.6) is 0 Å². The molecule has 59 heavy (non-hydrogen) atoms. The van der Waals surface area contributed by atoms with E-state index in [0.717, 1.165) is 11.3 Å². The Labute approximate surface area is 350 Å². The minimum Gasteiger partial charge on any atom is -0.458 e. The number of aromatic nitrogens is 3. The van der Waals surface area contributed by atoms with Gasteiger partial charge in [-0.15, -0.1) is 5.10 Å². The number of amides is 1. The third-order valence-corrected chi connectivity index (χ3v) is 12.2. The second-order valence-electron chi connectivity index (χ2n) is 17.0. The van der Waals surface area contributed by atoms with E-state index in [4.69, 9.17) is 29.4 Å². The van der Waals surface area contributed by atoms with Gasteiger partial charge in [0.2, 0.25) is 0 Å². The Bertz CT molecular complexity index is 1680. The third-order valence-electron chi connectivity index (χ3n) is 12.2. The van der Waals surface area contributed by atoms with E-state index < -0.39 is 72.0 Å². The first-order chi connectivity index (χ1) is 27.9. The van der Waals surface area contributed by atoms with E-state index >= 15 is 0 Å². The Morgan fingerprint density at radius 3 is 2.44 bits per heavy atom. The maximum Gasteiger partial charge on any atom is 0.410 e. The number of aryl methyl sites for hydroxylation is 1. The lowest BCUT2D eigenvalue weighted by molar-refractivity contribution is -0.265. The molecule has 1 aromatic heterocycles. The number of esters is 1. The van der Waals surface area contributed by atoms with Crippen LogP contribution in [0.15, 0.2) is 30.5 Å². The fourth-order valence-corrected chi connectivity index (χ4v) is 9.04. The van der Waals surface area contributed by atoms with Crippen LogP contribution in [0.1, 0.15) is 93.9 Å². The van der Waals surface area contributed by atoms with Crippen molar-refractivity contribution < 1.29 is 43.2 Å². The van der Waals surface area contributed by atoms with Crippen LogP contribution in [0.3, 0.4) is 0 Å². The van der Waals surface area contributed by atoms with Crippen molar-refractivity contribution in [3.8, 4) is 11.3 Å². The van der Waals surface area contributed by atoms with E-state index in [9.17, 15) is 19.5 Å². The number of unbranched alkanes of at least 4 members (excludes halogenated alkanes) is 1. The number of aliphatic hydroxyl groups excluding tert-OH is 1. The van der Waals surface area contributed by atoms with Crippen molar-refractivity contribution >= 4 is 23.5 Å². The maximum atomic E-state index is 14.1. The van der Waals surface area contributed by atoms with Gasteiger partial charge in [0.15, 0.2) is 11.9 Å². The molecule has 1 amide bonds. The molecule has 2 unspecified atom stereocenters. The van der Waals surface area contributed by atoms with Crippen LogP contribution >= 0.6 is 0 Å². The number of likely N-dealkylation sites (N-methyl/N-ethyl adjacent to an activating group) is 1. The number of ketones is 1. The van der Waals surface area contributed by atoms with Crippen LogP contribution in [-0.4, -0.2) is 143 Å². The highest BCUT2D eigenvalue weighted by Gasteiger charge is 2.58. The van der Waals surface area contributed by atoms with E-state index in [2.05, 4.69) is 22.6 Å². The number of fused-ring (bicyclic) bond motifs is 1. The summed E-state index contributed by atoms with van der Waals surface area (Å²) in [6, 6.07) is 6.41. The summed E-state index contributed by atoms with van der Waals surface area (Å²) < 4.78 is 32.9. The fourth-order valence-electron chi connectivity index (χ4n) is 9.04. The summed E-state index contributed by atoms with van der Waals surface area (Å²) in [6.07, 6.45) is -0.179. The molecule has 4 N–H and O–H groups in total. The van der Waals surface area contributed by atoms with Crippen molar-refractivity contribution in [2.75, 3.05) is 46.6 Å². The first-order valence-electron chi connectivity index (χ1n) is 21.3. The monoisotopic (exact) mass is 830 g/mol. The average molecular weight is 830 g/mol. The molecular formula is C43H71N7O9. The molecule has 0 spiro atoms. The number of ether oxygens (including phenoxy) is 5. The van der Waals surface area contributed by atoms with Gasteiger partial charge in [-0.25, -0.2) is 4.79 Å². The van der Waals surface area contributed by atoms with Crippen LogP contribution in [-0.2, 0) is 39.8 Å². The van der Waals surface area contributed by atoms with E-state index in [1.54, 1.807) is 23.6 Å². The highest BCUT2D eigenvalue weighted by atomic mass is 16.7. The van der Waals surface area contributed by atoms with Crippen molar-refractivity contribution in [1.82, 2.24) is 30.1 Å². The number of rotatable bonds is 16. The Balaban J connectivity index is 1.58. The van der Waals surface area contributed by atoms with Gasteiger partial charge in [0.1, 0.15) is 30.1 Å². The van der Waals surface area contributed by atoms with Crippen molar-refractivity contribution in [3.63, 3.8) is 0 Å². The number of cyclic esters (lactones) is 1. The lowest BCUT2D eigenvalue weighted by atomic mass is 9.80. The number of benzene rings is 1. The lowest BCUT2D eigenvalue weighted by Gasteiger charge is -2.44. The summed E-state index contributed by atoms with van der Waals surface area (Å²) in [6.45, 7) is 17.0. The van der Waals surface area contributed by atoms with Crippen LogP contribution in [0, 0.1) is 11.8 Å². The Kier molecular flexibility index (Phi) is 17.3. The van der Waals surface area contributed by atoms with E-state index in [1.807, 2.05) is 91.0 Å². The molecule has 3 heterocycles. The minimum absolute atomic E-state index is 0.0148. The summed E-state index contributed by atoms with van der Waals surface area (Å²) in [5.74, 6) is -2.00. The predicted molar refractivity (Wildman–Crippen MR) is 224 cm³/mol. The zero-order valence-electron chi connectivity index (χ0n) is 37.2. The predicted octanol–water partition coefficient (Wildman–Crippen LogP) is 4.68. The molecule has 0 bridgehead atoms. The van der Waals surface area contributed by atoms with Gasteiger partial charge < -0.3 is 44.7 Å². The SMILES string of the molecule is CCO[C@@H](O[C@@H]1[C@@H](C)C(=O)CC(=O)O[C@H](CC)[C@@]2(C)OC(=O)N(CCCCn3cc(-c4cccc(N)c4)nn3)[C@@H]2[C@@H](C)NC[C@H](C)C[C@@]1(C)OC)C(O)C(CC)N(C)C. The molecule has 4 rings (SSSR count). The molecular weight excluding hydrogens is 759 g/mol. The fraction of sp³-hybridized carbons (Fsp3) is 0.744. The van der Waals surface area contributed by atoms with Gasteiger partial charge in [-0.3, -0.25) is 19.2 Å². The zero-order chi connectivity index (χ0) is 43.7. The Morgan fingerprint density at radius 1 is 1.10 bits per heavy atom. The number of aliphatic hydroxyl groups is 1. The van der Waals surface area contributed by atoms with Gasteiger partial charge >= 0.3 is 12.1 Å². The topological polar surface area (TPSA) is 193 Å². The normalized spacial score (nSPS) is 30.3. The highest BCUT2D eigenvalue weighted by molar-refractivity contribution is 5.97. The highest BCUT2D eigenvalue weighted by Crippen LogP contribution is 2.39. The summed E-state index contributed by atoms with van der Waals surface area (Å²) >= 11 is 0. The minimum atomic E-state index is -1.22. The number of nitrogens with two attached hydrogens (primary N) is 1. The molecule has 16 nitrogen and oxygen atoms in total. The molecule has 2 saturated heterocycles. The Morgan fingerprint density at radius 2 is 1.81 bits per heavy atom. The van der Waals surface area contributed by atoms with Gasteiger partial charge in [0, 0.05) is 56.1 Å². The van der Waals surface area contributed by atoms with Crippen molar-refractivity contribution in [2.24, 2.45) is 11.8 Å². The second-order valence-corrected chi connectivity index (χ2v) is 17.0. The van der Waals surface area contributed by atoms with Crippen molar-refractivity contribution in [1.29, 1.82) is 0 Å². The molecule has 16 heteroatoms. The molecule has 0 radical (unpaired) electrons. The van der Waals surface area contributed by atoms with E-state index in [0.29, 0.717) is 57.4 Å². The summed E-state index contributed by atoms with van der Waals surface area (Å²) in [7, 11) is 5.35. The quantitative estimate of drug-likeness (QED) is 0.0695. The smallest absolute Gasteiger partial charge is 0.410 e. The number of carbonyl (C=O) groups excluding carboxylic acids is 3. The van der Waals surface area contributed by atoms with Gasteiger partial charge in [0.05, 0.1) is 23.9 Å². The van der Waals surface area contributed by atoms with Crippen molar-refractivity contribution in [2.45, 2.75) is 154 Å². The molecule has 2 fully saturated rings. The molecule has 11 atom stereocenters. The number of Topliss-reactive ketones (excluding diaryl/α,β-unsaturated/α-hetero) is 1. The molecule has 2 aliphatic rings. The van der Waals surface area contributed by atoms with Crippen LogP contribution in [0.2, 0.25) is 0 Å². The number of hydrogen-bond donors (Lipinski definition) is 3. The van der Waals surface area contributed by atoms with Gasteiger partial charge in [-0.1, -0.05) is 45.0 Å². The number of nitrogens with zero attached hydrogens (tertiary/aromatic N) is 5. The van der Waals surface area contributed by atoms with E-state index in [1.165, 1.54) is 0 Å². The number of nitrogens with one attached hydrogen (secondary N) is 1. The second kappa shape index (κ2) is 21.2. The number of hydrogen-bond acceptors (Lipinski definition) is 14. The zero-order valence-corrected chi connectivity index (χ0v) is 37.2. The van der Waals surface area contributed by atoms with Crippen LogP contribution in [0.25, 0.3) is 11.3 Å². The average Bonchev–Trinajstić information content (AvgIpc) is 3.77. The maximum absolute atomic E-state index is 14.1. The van der Waals surface area contributed by atoms with Gasteiger partial charge in [-0.2, -0.15) is 0 Å². The molecule has 332 valence electrons. The first-order valence-corrected chi connectivity index (χ1v) is 21.3. The molecule has 2 aromatic rings. The standard InChI is InChI=1S/C43H71N7O9/c1-12-33(48(9)10)37(53)40(56-14-3)58-39-28(5)34(51)23-36(52)57-35(13-2)43(8)38(29(6)45-25-27(4)24-42(39,7)55-11)50(41(54)59-43)21-16-15-20-49-26-32(46-47-49)30-18-17-19-31(44)22-30/h17-19,22,26-29,33,35,37-40,45,53H,12-16,20-21,23-25,44H2,1-11H3/t27-,28+,29-,33?,35-,37?,38-,39-,40+,42-,43-/m1/s1. The molecule has 2 aliphatic heterocycles. The molecule has 0 saturated carbocycles. The molecule has 1 aromatic carbocycles. The third kappa shape index (κ3) is 11.6. The van der Waals surface area contributed by atoms with Gasteiger partial charge in [-0.05, 0) is 98.5 Å². The van der Waals surface area contributed by atoms with Crippen LogP contribution < -0.4 is 11.1 Å². The van der Waals surface area contributed by atoms with Crippen LogP contribution in [0.4, 0.5) is 10.5 Å². The first kappa shape index (κ1) is 48.0. The van der Waals surface area contributed by atoms with Crippen molar-refractivity contribution in [3.05, 3.63) is 30.5 Å². The molecule has 0 aliphatic carbocycles. The number of methoxy groups -OCH3 is 1. The summed E-state index contributed by atoms with van der Waals surface area (Å²) in [5, 5.41) is 23.8. The largest absolute Gasteiger partial charge is 0.458 e. The van der Waals surface area contributed by atoms with E-state index in [-0.39, 0.29) is 24.6 Å². The number of nitrogen functional groups attached to an aromatic ring is 1. The number of carbonyl (C=O) groups is 3. The van der Waals surface area contributed by atoms with Gasteiger partial charge in [0.25, 0.3) is 0 Å². The number of anilines is 1. The summed E-state index contributed by atoms with van der Waals surface area (Å²) in [4.78, 5) is 45.2. The lowest BCUT2D eigenvalue weighted by Crippen LogP contribution is -2.60. The summed E-state index contributed by atoms with van der Waals surface area (Å²) in [5.41, 5.74) is 5.95. The Hall–Kier alpha value is -3.67.